The van der Waals surface area contributed by atoms with Crippen LogP contribution in [0.25, 0.3) is 0 Å². The molecule has 0 aliphatic heterocycles. The van der Waals surface area contributed by atoms with Crippen molar-refractivity contribution >= 4 is 17.6 Å². The van der Waals surface area contributed by atoms with Gasteiger partial charge in [0, 0.05) is 5.56 Å². The van der Waals surface area contributed by atoms with Gasteiger partial charge in [-0.05, 0) is 48.9 Å². The SMILES string of the molecule is COc1ccc(C(=O)O[C@H](C(=O)Nc2cc(C)ccc2OC)c2ccccc2)cc1. The normalized spacial score (nSPS) is 11.3. The minimum absolute atomic E-state index is 0.317. The fraction of sp³-hybridized carbons (Fsp3) is 0.167. The molecule has 0 aliphatic rings. The lowest BCUT2D eigenvalue weighted by molar-refractivity contribution is -0.125. The number of anilines is 1. The number of aryl methyl sites for hydroxylation is 1. The molecule has 3 aromatic carbocycles. The number of carbonyl (C=O) groups excluding carboxylic acids is 2. The zero-order valence-corrected chi connectivity index (χ0v) is 17.0. The number of hydrogen-bond acceptors (Lipinski definition) is 5. The molecule has 0 aromatic heterocycles. The van der Waals surface area contributed by atoms with E-state index in [1.165, 1.54) is 7.11 Å². The maximum atomic E-state index is 13.1. The average Bonchev–Trinajstić information content (AvgIpc) is 2.78. The molecule has 6 nitrogen and oxygen atoms in total. The monoisotopic (exact) mass is 405 g/mol. The van der Waals surface area contributed by atoms with E-state index < -0.39 is 18.0 Å². The number of benzene rings is 3. The molecule has 0 saturated carbocycles. The molecule has 0 spiro atoms. The van der Waals surface area contributed by atoms with Crippen LogP contribution in [0.4, 0.5) is 5.69 Å². The molecule has 3 aromatic rings. The highest BCUT2D eigenvalue weighted by Crippen LogP contribution is 2.28. The van der Waals surface area contributed by atoms with E-state index in [-0.39, 0.29) is 0 Å². The third-order valence-electron chi connectivity index (χ3n) is 4.50. The number of esters is 1. The lowest BCUT2D eigenvalue weighted by atomic mass is 10.1. The van der Waals surface area contributed by atoms with Crippen molar-refractivity contribution in [2.75, 3.05) is 19.5 Å². The van der Waals surface area contributed by atoms with E-state index in [2.05, 4.69) is 5.32 Å². The van der Waals surface area contributed by atoms with Crippen LogP contribution in [0.2, 0.25) is 0 Å². The highest BCUT2D eigenvalue weighted by atomic mass is 16.5. The van der Waals surface area contributed by atoms with Gasteiger partial charge in [0.2, 0.25) is 6.10 Å². The van der Waals surface area contributed by atoms with E-state index in [0.717, 1.165) is 5.56 Å². The molecule has 30 heavy (non-hydrogen) atoms. The second kappa shape index (κ2) is 9.60. The Hall–Kier alpha value is -3.80. The summed E-state index contributed by atoms with van der Waals surface area (Å²) in [7, 11) is 3.07. The molecule has 0 fully saturated rings. The van der Waals surface area contributed by atoms with Crippen LogP contribution in [-0.2, 0) is 9.53 Å². The van der Waals surface area contributed by atoms with E-state index in [1.54, 1.807) is 67.8 Å². The summed E-state index contributed by atoms with van der Waals surface area (Å²) in [5.41, 5.74) is 2.34. The van der Waals surface area contributed by atoms with Gasteiger partial charge < -0.3 is 19.5 Å². The van der Waals surface area contributed by atoms with Gasteiger partial charge >= 0.3 is 5.97 Å². The quantitative estimate of drug-likeness (QED) is 0.584. The Morgan fingerprint density at radius 2 is 1.57 bits per heavy atom. The average molecular weight is 405 g/mol. The Balaban J connectivity index is 1.86. The minimum Gasteiger partial charge on any atom is -0.497 e. The largest absolute Gasteiger partial charge is 0.497 e. The topological polar surface area (TPSA) is 73.9 Å². The van der Waals surface area contributed by atoms with Crippen molar-refractivity contribution in [1.82, 2.24) is 0 Å². The van der Waals surface area contributed by atoms with Gasteiger partial charge in [-0.3, -0.25) is 4.79 Å². The van der Waals surface area contributed by atoms with E-state index in [4.69, 9.17) is 14.2 Å². The summed E-state index contributed by atoms with van der Waals surface area (Å²) in [6.07, 6.45) is -1.13. The molecule has 0 heterocycles. The Morgan fingerprint density at radius 3 is 2.20 bits per heavy atom. The Kier molecular flexibility index (Phi) is 6.70. The first-order chi connectivity index (χ1) is 14.5. The van der Waals surface area contributed by atoms with Crippen molar-refractivity contribution in [3.8, 4) is 11.5 Å². The van der Waals surface area contributed by atoms with Gasteiger partial charge in [0.15, 0.2) is 0 Å². The zero-order valence-electron chi connectivity index (χ0n) is 17.0. The van der Waals surface area contributed by atoms with Crippen molar-refractivity contribution in [3.05, 3.63) is 89.5 Å². The summed E-state index contributed by atoms with van der Waals surface area (Å²) in [5.74, 6) is 0.0440. The van der Waals surface area contributed by atoms with Crippen LogP contribution in [0.15, 0.2) is 72.8 Å². The number of carbonyl (C=O) groups is 2. The fourth-order valence-corrected chi connectivity index (χ4v) is 2.92. The van der Waals surface area contributed by atoms with Gasteiger partial charge in [-0.15, -0.1) is 0 Å². The Morgan fingerprint density at radius 1 is 0.867 bits per heavy atom. The second-order valence-corrected chi connectivity index (χ2v) is 6.62. The minimum atomic E-state index is -1.13. The highest BCUT2D eigenvalue weighted by molar-refractivity contribution is 5.99. The number of methoxy groups -OCH3 is 2. The van der Waals surface area contributed by atoms with Crippen LogP contribution in [0.5, 0.6) is 11.5 Å². The summed E-state index contributed by atoms with van der Waals surface area (Å²) in [6, 6.07) is 20.8. The molecule has 3 rings (SSSR count). The third kappa shape index (κ3) is 4.97. The molecule has 0 bridgehead atoms. The molecule has 1 N–H and O–H groups in total. The van der Waals surface area contributed by atoms with Gasteiger partial charge in [0.1, 0.15) is 11.5 Å². The number of amides is 1. The van der Waals surface area contributed by atoms with E-state index in [1.807, 2.05) is 19.1 Å². The first-order valence-corrected chi connectivity index (χ1v) is 9.37. The van der Waals surface area contributed by atoms with Gasteiger partial charge in [-0.25, -0.2) is 4.79 Å². The summed E-state index contributed by atoms with van der Waals surface area (Å²) in [6.45, 7) is 1.91. The molecule has 154 valence electrons. The molecular weight excluding hydrogens is 382 g/mol. The van der Waals surface area contributed by atoms with Crippen LogP contribution in [0.1, 0.15) is 27.6 Å². The van der Waals surface area contributed by atoms with Gasteiger partial charge in [-0.2, -0.15) is 0 Å². The summed E-state index contributed by atoms with van der Waals surface area (Å²) < 4.78 is 16.0. The molecule has 0 unspecified atom stereocenters. The molecule has 0 radical (unpaired) electrons. The first kappa shape index (κ1) is 20.9. The lowest BCUT2D eigenvalue weighted by Crippen LogP contribution is -2.26. The number of ether oxygens (including phenoxy) is 3. The third-order valence-corrected chi connectivity index (χ3v) is 4.50. The predicted octanol–water partition coefficient (Wildman–Crippen LogP) is 4.55. The number of rotatable bonds is 7. The highest BCUT2D eigenvalue weighted by Gasteiger charge is 2.26. The van der Waals surface area contributed by atoms with Crippen molar-refractivity contribution in [2.24, 2.45) is 0 Å². The van der Waals surface area contributed by atoms with E-state index in [9.17, 15) is 9.59 Å². The lowest BCUT2D eigenvalue weighted by Gasteiger charge is -2.19. The van der Waals surface area contributed by atoms with Crippen LogP contribution in [0, 0.1) is 6.92 Å². The molecule has 6 heteroatoms. The van der Waals surface area contributed by atoms with E-state index >= 15 is 0 Å². The standard InChI is InChI=1S/C24H23NO5/c1-16-9-14-21(29-3)20(15-16)25-23(26)22(17-7-5-4-6-8-17)30-24(27)18-10-12-19(28-2)13-11-18/h4-15,22H,1-3H3,(H,25,26)/t22-/m0/s1. The van der Waals surface area contributed by atoms with Gasteiger partial charge in [-0.1, -0.05) is 36.4 Å². The summed E-state index contributed by atoms with van der Waals surface area (Å²) in [5, 5.41) is 2.81. The molecule has 0 saturated heterocycles. The van der Waals surface area contributed by atoms with Crippen LogP contribution in [0.3, 0.4) is 0 Å². The summed E-state index contributed by atoms with van der Waals surface area (Å²) >= 11 is 0. The summed E-state index contributed by atoms with van der Waals surface area (Å²) in [4.78, 5) is 25.8. The first-order valence-electron chi connectivity index (χ1n) is 9.37. The van der Waals surface area contributed by atoms with E-state index in [0.29, 0.717) is 28.3 Å². The maximum Gasteiger partial charge on any atom is 0.339 e. The number of hydrogen-bond donors (Lipinski definition) is 1. The van der Waals surface area contributed by atoms with Crippen LogP contribution >= 0.6 is 0 Å². The van der Waals surface area contributed by atoms with Gasteiger partial charge in [0.05, 0.1) is 25.5 Å². The zero-order chi connectivity index (χ0) is 21.5. The Bertz CT molecular complexity index is 1020. The molecule has 0 aliphatic carbocycles. The molecular formula is C24H23NO5. The maximum absolute atomic E-state index is 13.1. The van der Waals surface area contributed by atoms with Crippen molar-refractivity contribution < 1.29 is 23.8 Å². The Labute approximate surface area is 175 Å². The van der Waals surface area contributed by atoms with Crippen molar-refractivity contribution in [3.63, 3.8) is 0 Å². The molecule has 1 amide bonds. The van der Waals surface area contributed by atoms with Crippen molar-refractivity contribution in [1.29, 1.82) is 0 Å². The fourth-order valence-electron chi connectivity index (χ4n) is 2.92. The smallest absolute Gasteiger partial charge is 0.339 e. The predicted molar refractivity (Wildman–Crippen MR) is 114 cm³/mol. The second-order valence-electron chi connectivity index (χ2n) is 6.62. The number of nitrogens with one attached hydrogen (secondary N) is 1. The molecule has 1 atom stereocenters. The van der Waals surface area contributed by atoms with Crippen LogP contribution in [-0.4, -0.2) is 26.1 Å². The van der Waals surface area contributed by atoms with Crippen LogP contribution < -0.4 is 14.8 Å². The van der Waals surface area contributed by atoms with Gasteiger partial charge in [0.25, 0.3) is 5.91 Å². The van der Waals surface area contributed by atoms with Crippen molar-refractivity contribution in [2.45, 2.75) is 13.0 Å².